The minimum Gasteiger partial charge on any atom is -0.338 e. The number of amides is 3. The number of piperazine rings is 1. The topological polar surface area (TPSA) is 55.9 Å². The maximum atomic E-state index is 14.0. The summed E-state index contributed by atoms with van der Waals surface area (Å²) >= 11 is 13.9. The number of hydrogen-bond donors (Lipinski definition) is 1. The summed E-state index contributed by atoms with van der Waals surface area (Å²) in [6.45, 7) is 2.68. The molecule has 0 radical (unpaired) electrons. The van der Waals surface area contributed by atoms with Crippen molar-refractivity contribution in [1.29, 1.82) is 0 Å². The predicted octanol–water partition coefficient (Wildman–Crippen LogP) is 5.52. The van der Waals surface area contributed by atoms with Gasteiger partial charge in [-0.05, 0) is 53.3 Å². The van der Waals surface area contributed by atoms with Gasteiger partial charge in [-0.25, -0.2) is 9.18 Å². The quantitative estimate of drug-likeness (QED) is 0.468. The van der Waals surface area contributed by atoms with Crippen molar-refractivity contribution in [1.82, 2.24) is 14.7 Å². The second-order valence-electron chi connectivity index (χ2n) is 8.88. The number of carbonyl (C=O) groups is 2. The van der Waals surface area contributed by atoms with E-state index >= 15 is 0 Å². The van der Waals surface area contributed by atoms with E-state index in [1.165, 1.54) is 10.9 Å². The van der Waals surface area contributed by atoms with Crippen molar-refractivity contribution in [2.24, 2.45) is 0 Å². The summed E-state index contributed by atoms with van der Waals surface area (Å²) < 4.78 is 14.0. The fourth-order valence-corrected chi connectivity index (χ4v) is 6.08. The first-order valence-electron chi connectivity index (χ1n) is 11.7. The van der Waals surface area contributed by atoms with Crippen molar-refractivity contribution in [2.45, 2.75) is 12.5 Å². The van der Waals surface area contributed by atoms with Crippen LogP contribution in [0.2, 0.25) is 10.0 Å². The van der Waals surface area contributed by atoms with Crippen molar-refractivity contribution < 1.29 is 14.0 Å². The number of halogens is 3. The molecule has 5 rings (SSSR count). The van der Waals surface area contributed by atoms with Gasteiger partial charge in [0.1, 0.15) is 5.82 Å². The monoisotopic (exact) mass is 546 g/mol. The standard InChI is InChI=1S/C26H25Cl2FN4O2S/c27-20-5-2-6-21(24(20)28)30-26(35)32-12-10-31(11-13-32)23(34)16-33-9-7-22-19(8-14-36-22)25(33)17-3-1-4-18(29)15-17/h1-6,8,14-15,25H,7,9-13,16H2,(H,30,35)/t25-/m0/s1. The largest absolute Gasteiger partial charge is 0.338 e. The lowest BCUT2D eigenvalue weighted by Gasteiger charge is -2.39. The van der Waals surface area contributed by atoms with Crippen LogP contribution in [0.15, 0.2) is 53.9 Å². The summed E-state index contributed by atoms with van der Waals surface area (Å²) in [5.74, 6) is -0.275. The van der Waals surface area contributed by atoms with Crippen molar-refractivity contribution in [3.63, 3.8) is 0 Å². The van der Waals surface area contributed by atoms with Gasteiger partial charge in [0.25, 0.3) is 0 Å². The highest BCUT2D eigenvalue weighted by Crippen LogP contribution is 2.38. The molecular weight excluding hydrogens is 522 g/mol. The molecule has 2 aromatic carbocycles. The third-order valence-corrected chi connectivity index (χ3v) is 8.50. The SMILES string of the molecule is O=C(CN1CCc2sccc2[C@@H]1c1cccc(F)c1)N1CCN(C(=O)Nc2cccc(Cl)c2Cl)CC1. The normalized spacial score (nSPS) is 18.1. The van der Waals surface area contributed by atoms with Crippen LogP contribution in [0.1, 0.15) is 22.0 Å². The van der Waals surface area contributed by atoms with Gasteiger partial charge in [0, 0.05) is 37.6 Å². The molecule has 1 atom stereocenters. The Balaban J connectivity index is 1.22. The van der Waals surface area contributed by atoms with Gasteiger partial charge in [-0.2, -0.15) is 0 Å². The highest BCUT2D eigenvalue weighted by atomic mass is 35.5. The maximum absolute atomic E-state index is 14.0. The molecule has 0 saturated carbocycles. The highest BCUT2D eigenvalue weighted by molar-refractivity contribution is 7.10. The average molecular weight is 547 g/mol. The van der Waals surface area contributed by atoms with E-state index in [4.69, 9.17) is 23.2 Å². The Bertz CT molecular complexity index is 1280. The van der Waals surface area contributed by atoms with E-state index in [-0.39, 0.29) is 30.3 Å². The zero-order chi connectivity index (χ0) is 25.2. The second-order valence-corrected chi connectivity index (χ2v) is 10.7. The zero-order valence-corrected chi connectivity index (χ0v) is 21.8. The van der Waals surface area contributed by atoms with Crippen LogP contribution in [-0.4, -0.2) is 65.9 Å². The molecule has 0 aliphatic carbocycles. The molecule has 0 spiro atoms. The van der Waals surface area contributed by atoms with Crippen molar-refractivity contribution >= 4 is 52.2 Å². The summed E-state index contributed by atoms with van der Waals surface area (Å²) in [7, 11) is 0. The molecule has 6 nitrogen and oxygen atoms in total. The van der Waals surface area contributed by atoms with Crippen LogP contribution in [0.5, 0.6) is 0 Å². The lowest BCUT2D eigenvalue weighted by Crippen LogP contribution is -2.54. The van der Waals surface area contributed by atoms with Gasteiger partial charge < -0.3 is 15.1 Å². The van der Waals surface area contributed by atoms with Crippen molar-refractivity contribution in [2.75, 3.05) is 44.6 Å². The Labute approximate surface area is 223 Å². The second kappa shape index (κ2) is 10.8. The minimum absolute atomic E-state index is 0.00743. The molecule has 10 heteroatoms. The van der Waals surface area contributed by atoms with Crippen LogP contribution in [0.3, 0.4) is 0 Å². The summed E-state index contributed by atoms with van der Waals surface area (Å²) in [6, 6.07) is 13.3. The highest BCUT2D eigenvalue weighted by Gasteiger charge is 2.33. The first-order chi connectivity index (χ1) is 17.4. The van der Waals surface area contributed by atoms with Crippen LogP contribution in [0.25, 0.3) is 0 Å². The van der Waals surface area contributed by atoms with Gasteiger partial charge in [-0.3, -0.25) is 9.69 Å². The molecule has 1 saturated heterocycles. The van der Waals surface area contributed by atoms with Crippen LogP contribution in [0, 0.1) is 5.82 Å². The predicted molar refractivity (Wildman–Crippen MR) is 141 cm³/mol. The van der Waals surface area contributed by atoms with E-state index in [9.17, 15) is 14.0 Å². The van der Waals surface area contributed by atoms with E-state index in [0.717, 1.165) is 24.1 Å². The Kier molecular flexibility index (Phi) is 7.48. The maximum Gasteiger partial charge on any atom is 0.322 e. The number of nitrogens with zero attached hydrogens (tertiary/aromatic N) is 3. The summed E-state index contributed by atoms with van der Waals surface area (Å²) in [5.41, 5.74) is 2.45. The Morgan fingerprint density at radius 1 is 1.00 bits per heavy atom. The third-order valence-electron chi connectivity index (χ3n) is 6.68. The van der Waals surface area contributed by atoms with Crippen LogP contribution in [-0.2, 0) is 11.2 Å². The van der Waals surface area contributed by atoms with Gasteiger partial charge in [-0.15, -0.1) is 11.3 Å². The van der Waals surface area contributed by atoms with E-state index in [2.05, 4.69) is 21.7 Å². The lowest BCUT2D eigenvalue weighted by molar-refractivity contribution is -0.134. The van der Waals surface area contributed by atoms with Gasteiger partial charge >= 0.3 is 6.03 Å². The van der Waals surface area contributed by atoms with E-state index < -0.39 is 0 Å². The number of benzene rings is 2. The fraction of sp³-hybridized carbons (Fsp3) is 0.308. The number of carbonyl (C=O) groups excluding carboxylic acids is 2. The van der Waals surface area contributed by atoms with Crippen molar-refractivity contribution in [3.8, 4) is 0 Å². The molecule has 1 fully saturated rings. The van der Waals surface area contributed by atoms with Gasteiger partial charge in [-0.1, -0.05) is 41.4 Å². The molecule has 3 aromatic rings. The lowest BCUT2D eigenvalue weighted by atomic mass is 9.93. The van der Waals surface area contributed by atoms with Gasteiger partial charge in [0.05, 0.1) is 28.3 Å². The van der Waals surface area contributed by atoms with E-state index in [1.807, 2.05) is 6.07 Å². The smallest absolute Gasteiger partial charge is 0.322 e. The third kappa shape index (κ3) is 5.22. The molecule has 3 heterocycles. The molecule has 0 bridgehead atoms. The number of nitrogens with one attached hydrogen (secondary N) is 1. The molecule has 188 valence electrons. The number of fused-ring (bicyclic) bond motifs is 1. The fourth-order valence-electron chi connectivity index (χ4n) is 4.83. The summed E-state index contributed by atoms with van der Waals surface area (Å²) in [5, 5.41) is 5.52. The molecule has 2 aliphatic rings. The Morgan fingerprint density at radius 2 is 1.75 bits per heavy atom. The molecule has 2 aliphatic heterocycles. The summed E-state index contributed by atoms with van der Waals surface area (Å²) in [4.78, 5) is 32.9. The summed E-state index contributed by atoms with van der Waals surface area (Å²) in [6.07, 6.45) is 0.867. The number of hydrogen-bond acceptors (Lipinski definition) is 4. The molecule has 36 heavy (non-hydrogen) atoms. The van der Waals surface area contributed by atoms with Crippen LogP contribution < -0.4 is 5.32 Å². The molecule has 0 unspecified atom stereocenters. The molecule has 3 amide bonds. The first-order valence-corrected chi connectivity index (χ1v) is 13.4. The number of anilines is 1. The zero-order valence-electron chi connectivity index (χ0n) is 19.4. The molecule has 1 aromatic heterocycles. The average Bonchev–Trinajstić information content (AvgIpc) is 3.35. The van der Waals surface area contributed by atoms with E-state index in [0.29, 0.717) is 41.9 Å². The number of urea groups is 1. The molecular formula is C26H25Cl2FN4O2S. The first kappa shape index (κ1) is 25.0. The number of rotatable bonds is 4. The minimum atomic E-state index is -0.283. The van der Waals surface area contributed by atoms with E-state index in [1.54, 1.807) is 51.5 Å². The van der Waals surface area contributed by atoms with Crippen LogP contribution >= 0.6 is 34.5 Å². The van der Waals surface area contributed by atoms with Gasteiger partial charge in [0.2, 0.25) is 5.91 Å². The van der Waals surface area contributed by atoms with Gasteiger partial charge in [0.15, 0.2) is 0 Å². The Morgan fingerprint density at radius 3 is 2.53 bits per heavy atom. The number of thiophene rings is 1. The van der Waals surface area contributed by atoms with Crippen molar-refractivity contribution in [3.05, 3.63) is 85.8 Å². The van der Waals surface area contributed by atoms with Crippen LogP contribution in [0.4, 0.5) is 14.9 Å². The Hall–Kier alpha value is -2.65. The molecule has 1 N–H and O–H groups in total.